The zero-order valence-corrected chi connectivity index (χ0v) is 14.3. The Morgan fingerprint density at radius 2 is 2.00 bits per heavy atom. The summed E-state index contributed by atoms with van der Waals surface area (Å²) in [6.07, 6.45) is 1.08. The van der Waals surface area contributed by atoms with Crippen molar-refractivity contribution in [1.82, 2.24) is 9.80 Å². The van der Waals surface area contributed by atoms with E-state index in [1.54, 1.807) is 0 Å². The zero-order chi connectivity index (χ0) is 13.7. The number of carbonyl (C=O) groups is 1. The van der Waals surface area contributed by atoms with Crippen molar-refractivity contribution >= 4 is 36.4 Å². The number of likely N-dealkylation sites (N-methyl/N-ethyl adjacent to an activating group) is 2. The largest absolute Gasteiger partial charge is 0.376 e. The van der Waals surface area contributed by atoms with E-state index in [0.29, 0.717) is 12.6 Å². The Bertz CT molecular complexity index is 417. The summed E-state index contributed by atoms with van der Waals surface area (Å²) < 4.78 is 0. The van der Waals surface area contributed by atoms with E-state index in [-0.39, 0.29) is 30.7 Å². The molecule has 0 radical (unpaired) electrons. The molecule has 1 aliphatic rings. The molecule has 0 bridgehead atoms. The van der Waals surface area contributed by atoms with Gasteiger partial charge in [0.2, 0.25) is 5.91 Å². The van der Waals surface area contributed by atoms with Crippen LogP contribution in [-0.4, -0.2) is 55.0 Å². The zero-order valence-electron chi connectivity index (χ0n) is 12.6. The molecule has 1 unspecified atom stereocenters. The maximum Gasteiger partial charge on any atom is 0.241 e. The highest BCUT2D eigenvalue weighted by Crippen LogP contribution is 2.14. The normalized spacial score (nSPS) is 17.5. The van der Waals surface area contributed by atoms with Crippen molar-refractivity contribution in [1.29, 1.82) is 0 Å². The van der Waals surface area contributed by atoms with Crippen LogP contribution >= 0.6 is 24.8 Å². The summed E-state index contributed by atoms with van der Waals surface area (Å²) in [6.45, 7) is 5.71. The Balaban J connectivity index is 0.00000200. The van der Waals surface area contributed by atoms with Crippen LogP contribution in [0.4, 0.5) is 5.69 Å². The number of hydrogen-bond donors (Lipinski definition) is 1. The SMILES string of the molecule is CCN1CCC(N(C)C(=O)CNc2ccccc2)C1.Cl.Cl. The van der Waals surface area contributed by atoms with Crippen molar-refractivity contribution in [3.05, 3.63) is 30.3 Å². The van der Waals surface area contributed by atoms with Crippen LogP contribution in [0.25, 0.3) is 0 Å². The molecule has 1 heterocycles. The van der Waals surface area contributed by atoms with Gasteiger partial charge in [0.25, 0.3) is 0 Å². The lowest BCUT2D eigenvalue weighted by Gasteiger charge is -2.25. The highest BCUT2D eigenvalue weighted by molar-refractivity contribution is 5.85. The Labute approximate surface area is 139 Å². The van der Waals surface area contributed by atoms with E-state index in [4.69, 9.17) is 0 Å². The molecule has 0 saturated carbocycles. The van der Waals surface area contributed by atoms with Crippen LogP contribution in [0, 0.1) is 0 Å². The van der Waals surface area contributed by atoms with Crippen LogP contribution in [-0.2, 0) is 4.79 Å². The molecular weight excluding hydrogens is 309 g/mol. The second-order valence-corrected chi connectivity index (χ2v) is 5.06. The molecule has 4 nitrogen and oxygen atoms in total. The molecule has 21 heavy (non-hydrogen) atoms. The third-order valence-electron chi connectivity index (χ3n) is 3.85. The number of para-hydroxylation sites is 1. The first-order chi connectivity index (χ1) is 9.20. The van der Waals surface area contributed by atoms with Crippen LogP contribution < -0.4 is 5.32 Å². The minimum Gasteiger partial charge on any atom is -0.376 e. The van der Waals surface area contributed by atoms with E-state index in [9.17, 15) is 4.79 Å². The van der Waals surface area contributed by atoms with Gasteiger partial charge in [-0.25, -0.2) is 0 Å². The lowest BCUT2D eigenvalue weighted by Crippen LogP contribution is -2.41. The quantitative estimate of drug-likeness (QED) is 0.899. The fraction of sp³-hybridized carbons (Fsp3) is 0.533. The van der Waals surface area contributed by atoms with Gasteiger partial charge in [0.05, 0.1) is 6.54 Å². The lowest BCUT2D eigenvalue weighted by atomic mass is 10.2. The van der Waals surface area contributed by atoms with Crippen LogP contribution in [0.5, 0.6) is 0 Å². The Kier molecular flexibility index (Phi) is 9.42. The summed E-state index contributed by atoms with van der Waals surface area (Å²) in [5.41, 5.74) is 0.992. The van der Waals surface area contributed by atoms with E-state index in [1.807, 2.05) is 42.3 Å². The number of carbonyl (C=O) groups excluding carboxylic acids is 1. The highest BCUT2D eigenvalue weighted by atomic mass is 35.5. The van der Waals surface area contributed by atoms with Gasteiger partial charge >= 0.3 is 0 Å². The molecular formula is C15H25Cl2N3O. The summed E-state index contributed by atoms with van der Waals surface area (Å²) in [6, 6.07) is 10.2. The maximum absolute atomic E-state index is 12.1. The molecule has 1 amide bonds. The number of amides is 1. The standard InChI is InChI=1S/C15H23N3O.2ClH/c1-3-18-10-9-14(12-18)17(2)15(19)11-16-13-7-5-4-6-8-13;;/h4-8,14,16H,3,9-12H2,1-2H3;2*1H. The molecule has 1 atom stereocenters. The van der Waals surface area contributed by atoms with Crippen LogP contribution in [0.15, 0.2) is 30.3 Å². The van der Waals surface area contributed by atoms with Gasteiger partial charge in [-0.2, -0.15) is 0 Å². The van der Waals surface area contributed by atoms with Gasteiger partial charge in [-0.1, -0.05) is 25.1 Å². The van der Waals surface area contributed by atoms with Gasteiger partial charge in [-0.3, -0.25) is 4.79 Å². The Hall–Kier alpha value is -0.970. The highest BCUT2D eigenvalue weighted by Gasteiger charge is 2.27. The molecule has 120 valence electrons. The molecule has 0 spiro atoms. The Morgan fingerprint density at radius 1 is 1.33 bits per heavy atom. The molecule has 2 rings (SSSR count). The predicted molar refractivity (Wildman–Crippen MR) is 92.7 cm³/mol. The number of nitrogens with zero attached hydrogens (tertiary/aromatic N) is 2. The van der Waals surface area contributed by atoms with Crippen molar-refractivity contribution in [3.8, 4) is 0 Å². The lowest BCUT2D eigenvalue weighted by molar-refractivity contribution is -0.129. The summed E-state index contributed by atoms with van der Waals surface area (Å²) in [5.74, 6) is 0.159. The van der Waals surface area contributed by atoms with Crippen molar-refractivity contribution in [2.24, 2.45) is 0 Å². The van der Waals surface area contributed by atoms with Gasteiger partial charge in [-0.15, -0.1) is 24.8 Å². The number of halogens is 2. The smallest absolute Gasteiger partial charge is 0.241 e. The number of anilines is 1. The fourth-order valence-corrected chi connectivity index (χ4v) is 2.48. The molecule has 1 fully saturated rings. The summed E-state index contributed by atoms with van der Waals surface area (Å²) in [5, 5.41) is 3.17. The van der Waals surface area contributed by atoms with Crippen molar-refractivity contribution in [2.45, 2.75) is 19.4 Å². The first-order valence-electron chi connectivity index (χ1n) is 6.97. The average molecular weight is 334 g/mol. The Morgan fingerprint density at radius 3 is 2.57 bits per heavy atom. The van der Waals surface area contributed by atoms with Gasteiger partial charge in [0.1, 0.15) is 0 Å². The van der Waals surface area contributed by atoms with Crippen molar-refractivity contribution in [3.63, 3.8) is 0 Å². The minimum atomic E-state index is 0. The van der Waals surface area contributed by atoms with E-state index in [1.165, 1.54) is 0 Å². The van der Waals surface area contributed by atoms with Crippen LogP contribution in [0.3, 0.4) is 0 Å². The number of hydrogen-bond acceptors (Lipinski definition) is 3. The van der Waals surface area contributed by atoms with Crippen LogP contribution in [0.2, 0.25) is 0 Å². The van der Waals surface area contributed by atoms with Gasteiger partial charge in [-0.05, 0) is 25.1 Å². The number of benzene rings is 1. The molecule has 6 heteroatoms. The molecule has 0 aliphatic carbocycles. The van der Waals surface area contributed by atoms with Crippen molar-refractivity contribution < 1.29 is 4.79 Å². The third-order valence-corrected chi connectivity index (χ3v) is 3.85. The molecule has 1 aromatic carbocycles. The molecule has 1 saturated heterocycles. The van der Waals surface area contributed by atoms with Crippen molar-refractivity contribution in [2.75, 3.05) is 38.5 Å². The van der Waals surface area contributed by atoms with E-state index >= 15 is 0 Å². The van der Waals surface area contributed by atoms with Gasteiger partial charge in [0.15, 0.2) is 0 Å². The maximum atomic E-state index is 12.1. The number of likely N-dealkylation sites (tertiary alicyclic amines) is 1. The topological polar surface area (TPSA) is 35.6 Å². The monoisotopic (exact) mass is 333 g/mol. The van der Waals surface area contributed by atoms with E-state index in [0.717, 1.165) is 31.7 Å². The number of nitrogens with one attached hydrogen (secondary N) is 1. The first-order valence-corrected chi connectivity index (χ1v) is 6.97. The minimum absolute atomic E-state index is 0. The van der Waals surface area contributed by atoms with Gasteiger partial charge < -0.3 is 15.1 Å². The van der Waals surface area contributed by atoms with E-state index in [2.05, 4.69) is 17.1 Å². The predicted octanol–water partition coefficient (Wildman–Crippen LogP) is 2.49. The third kappa shape index (κ3) is 5.73. The summed E-state index contributed by atoms with van der Waals surface area (Å²) in [7, 11) is 1.92. The molecule has 1 aliphatic heterocycles. The van der Waals surface area contributed by atoms with Crippen LogP contribution in [0.1, 0.15) is 13.3 Å². The number of rotatable bonds is 5. The fourth-order valence-electron chi connectivity index (χ4n) is 2.48. The molecule has 0 aromatic heterocycles. The van der Waals surface area contributed by atoms with E-state index < -0.39 is 0 Å². The molecule has 1 N–H and O–H groups in total. The molecule has 1 aromatic rings. The summed E-state index contributed by atoms with van der Waals surface area (Å²) >= 11 is 0. The second kappa shape index (κ2) is 9.87. The first kappa shape index (κ1) is 20.0. The second-order valence-electron chi connectivity index (χ2n) is 5.06. The summed E-state index contributed by atoms with van der Waals surface area (Å²) in [4.78, 5) is 16.4. The average Bonchev–Trinajstić information content (AvgIpc) is 2.94. The van der Waals surface area contributed by atoms with Gasteiger partial charge in [0, 0.05) is 31.9 Å².